The second-order valence-corrected chi connectivity index (χ2v) is 6.84. The molecule has 2 aromatic rings. The van der Waals surface area contributed by atoms with Gasteiger partial charge in [-0.1, -0.05) is 0 Å². The van der Waals surface area contributed by atoms with E-state index in [1.165, 1.54) is 6.33 Å². The molecule has 0 bridgehead atoms. The van der Waals surface area contributed by atoms with Gasteiger partial charge in [-0.3, -0.25) is 13.9 Å². The first-order chi connectivity index (χ1) is 11.2. The fraction of sp³-hybridized carbons (Fsp3) is 0.583. The summed E-state index contributed by atoms with van der Waals surface area (Å²) in [5, 5.41) is 9.38. The molecule has 0 amide bonds. The fourth-order valence-electron chi connectivity index (χ4n) is 2.96. The third kappa shape index (κ3) is 3.02. The summed E-state index contributed by atoms with van der Waals surface area (Å²) in [7, 11) is -1.31. The lowest BCUT2D eigenvalue weighted by molar-refractivity contribution is -0.646. The van der Waals surface area contributed by atoms with Crippen molar-refractivity contribution >= 4 is 19.0 Å². The Hall–Kier alpha value is -1.62. The minimum Gasteiger partial charge on any atom is -0.394 e. The van der Waals surface area contributed by atoms with Crippen molar-refractivity contribution in [2.75, 3.05) is 6.61 Å². The maximum Gasteiger partial charge on any atom is 0.469 e. The first-order valence-electron chi connectivity index (χ1n) is 7.13. The van der Waals surface area contributed by atoms with Gasteiger partial charge in [0.2, 0.25) is 12.6 Å². The molecule has 11 nitrogen and oxygen atoms in total. The number of phosphoric ester groups is 1. The van der Waals surface area contributed by atoms with Crippen molar-refractivity contribution in [3.8, 4) is 0 Å². The highest BCUT2D eigenvalue weighted by Gasteiger charge is 2.43. The Kier molecular flexibility index (Phi) is 4.32. The lowest BCUT2D eigenvalue weighted by Crippen LogP contribution is -2.31. The van der Waals surface area contributed by atoms with Gasteiger partial charge in [0.15, 0.2) is 0 Å². The zero-order chi connectivity index (χ0) is 17.6. The number of phosphoric acid groups is 1. The van der Waals surface area contributed by atoms with E-state index in [4.69, 9.17) is 19.0 Å². The van der Waals surface area contributed by atoms with Gasteiger partial charge in [0, 0.05) is 13.5 Å². The Bertz CT molecular complexity index is 872. The number of hydrogen-bond donors (Lipinski definition) is 3. The van der Waals surface area contributed by atoms with Gasteiger partial charge in [0.25, 0.3) is 11.2 Å². The average molecular weight is 361 g/mol. The van der Waals surface area contributed by atoms with E-state index < -0.39 is 38.4 Å². The number of fused-ring (bicyclic) bond motifs is 1. The van der Waals surface area contributed by atoms with Gasteiger partial charge in [-0.25, -0.2) is 9.13 Å². The largest absolute Gasteiger partial charge is 0.469 e. The van der Waals surface area contributed by atoms with Crippen LogP contribution in [0.2, 0.25) is 0 Å². The van der Waals surface area contributed by atoms with Gasteiger partial charge < -0.3 is 19.6 Å². The van der Waals surface area contributed by atoms with E-state index >= 15 is 0 Å². The molecular formula is C12H18N4O7P+. The zero-order valence-corrected chi connectivity index (χ0v) is 13.9. The lowest BCUT2D eigenvalue weighted by atomic mass is 10.2. The van der Waals surface area contributed by atoms with E-state index in [0.29, 0.717) is 11.2 Å². The SMILES string of the molecule is Cn1cnc(=O)c2c1n([C@H]1C[C@H](OP(=O)(O)O)[C@@H](CO)O1)c[n+]2C. The molecule has 0 radical (unpaired) electrons. The summed E-state index contributed by atoms with van der Waals surface area (Å²) in [6, 6.07) is 0. The van der Waals surface area contributed by atoms with Crippen molar-refractivity contribution in [2.45, 2.75) is 24.9 Å². The Morgan fingerprint density at radius 3 is 2.88 bits per heavy atom. The van der Waals surface area contributed by atoms with Crippen LogP contribution in [0.4, 0.5) is 0 Å². The molecule has 132 valence electrons. The Morgan fingerprint density at radius 1 is 1.54 bits per heavy atom. The number of rotatable bonds is 4. The molecule has 0 aliphatic carbocycles. The van der Waals surface area contributed by atoms with Gasteiger partial charge in [0.05, 0.1) is 13.7 Å². The van der Waals surface area contributed by atoms with Gasteiger partial charge in [-0.15, -0.1) is 0 Å². The predicted molar refractivity (Wildman–Crippen MR) is 78.7 cm³/mol. The third-order valence-electron chi connectivity index (χ3n) is 3.93. The summed E-state index contributed by atoms with van der Waals surface area (Å²) in [5.41, 5.74) is 0.503. The molecule has 3 heterocycles. The molecule has 0 spiro atoms. The van der Waals surface area contributed by atoms with E-state index in [2.05, 4.69) is 4.98 Å². The maximum atomic E-state index is 12.0. The van der Waals surface area contributed by atoms with Crippen molar-refractivity contribution in [1.29, 1.82) is 0 Å². The molecule has 0 saturated carbocycles. The van der Waals surface area contributed by atoms with Crippen molar-refractivity contribution in [3.05, 3.63) is 23.0 Å². The number of aryl methyl sites for hydroxylation is 2. The summed E-state index contributed by atoms with van der Waals surface area (Å²) < 4.78 is 26.3. The summed E-state index contributed by atoms with van der Waals surface area (Å²) in [6.45, 7) is -0.451. The molecule has 1 saturated heterocycles. The van der Waals surface area contributed by atoms with Gasteiger partial charge in [-0.05, 0) is 0 Å². The Balaban J connectivity index is 2.02. The number of hydrogen-bond acceptors (Lipinski definition) is 6. The minimum absolute atomic E-state index is 0.108. The van der Waals surface area contributed by atoms with Gasteiger partial charge in [0.1, 0.15) is 18.5 Å². The molecule has 2 aromatic heterocycles. The molecule has 24 heavy (non-hydrogen) atoms. The molecule has 12 heteroatoms. The number of aliphatic hydroxyl groups excluding tert-OH is 1. The Labute approximate surface area is 135 Å². The van der Waals surface area contributed by atoms with E-state index in [1.807, 2.05) is 0 Å². The summed E-state index contributed by atoms with van der Waals surface area (Å²) in [4.78, 5) is 33.7. The number of nitrogens with zero attached hydrogens (tertiary/aromatic N) is 4. The highest BCUT2D eigenvalue weighted by atomic mass is 31.2. The summed E-state index contributed by atoms with van der Waals surface area (Å²) in [5.74, 6) is 0. The highest BCUT2D eigenvalue weighted by Crippen LogP contribution is 2.43. The molecule has 3 atom stereocenters. The smallest absolute Gasteiger partial charge is 0.394 e. The molecule has 1 fully saturated rings. The number of imidazole rings is 1. The standard InChI is InChI=1S/C12H17N4O7P/c1-14-5-13-11(18)10-12(14)16(6-15(10)2)9-3-7(8(4-17)22-9)23-24(19,20)21/h5-9,17H,3-4H2,1-2H3,(H-,19,20,21)/p+1/t7-,8+,9+/m0/s1. The minimum atomic E-state index is -4.71. The van der Waals surface area contributed by atoms with Crippen molar-refractivity contribution in [2.24, 2.45) is 14.1 Å². The van der Waals surface area contributed by atoms with Crippen LogP contribution in [0, 0.1) is 0 Å². The number of ether oxygens (including phenoxy) is 1. The van der Waals surface area contributed by atoms with Crippen LogP contribution in [0.1, 0.15) is 12.6 Å². The van der Waals surface area contributed by atoms with Crippen LogP contribution in [0.15, 0.2) is 17.4 Å². The molecule has 0 unspecified atom stereocenters. The van der Waals surface area contributed by atoms with Crippen LogP contribution >= 0.6 is 7.82 Å². The normalized spacial score (nSPS) is 24.8. The van der Waals surface area contributed by atoms with Crippen molar-refractivity contribution in [3.63, 3.8) is 0 Å². The van der Waals surface area contributed by atoms with Gasteiger partial charge >= 0.3 is 13.4 Å². The summed E-state index contributed by atoms with van der Waals surface area (Å²) in [6.07, 6.45) is 0.606. The molecular weight excluding hydrogens is 343 g/mol. The van der Waals surface area contributed by atoms with E-state index in [0.717, 1.165) is 0 Å². The molecule has 1 aliphatic heterocycles. The van der Waals surface area contributed by atoms with Crippen LogP contribution in [-0.4, -0.2) is 47.8 Å². The Morgan fingerprint density at radius 2 is 2.25 bits per heavy atom. The monoisotopic (exact) mass is 361 g/mol. The first kappa shape index (κ1) is 17.2. The quantitative estimate of drug-likeness (QED) is 0.433. The van der Waals surface area contributed by atoms with Crippen molar-refractivity contribution < 1.29 is 33.3 Å². The van der Waals surface area contributed by atoms with Crippen LogP contribution in [0.25, 0.3) is 11.2 Å². The highest BCUT2D eigenvalue weighted by molar-refractivity contribution is 7.46. The molecule has 1 aliphatic rings. The summed E-state index contributed by atoms with van der Waals surface area (Å²) >= 11 is 0. The predicted octanol–water partition coefficient (Wildman–Crippen LogP) is -1.68. The second kappa shape index (κ2) is 6.03. The van der Waals surface area contributed by atoms with Crippen LogP contribution in [0.5, 0.6) is 0 Å². The van der Waals surface area contributed by atoms with Crippen molar-refractivity contribution in [1.82, 2.24) is 14.1 Å². The molecule has 3 N–H and O–H groups in total. The van der Waals surface area contributed by atoms with E-state index in [9.17, 15) is 14.5 Å². The zero-order valence-electron chi connectivity index (χ0n) is 13.0. The maximum absolute atomic E-state index is 12.0. The second-order valence-electron chi connectivity index (χ2n) is 5.65. The van der Waals surface area contributed by atoms with Crippen LogP contribution < -0.4 is 10.1 Å². The fourth-order valence-corrected chi connectivity index (χ4v) is 3.54. The number of aliphatic hydroxyl groups is 1. The first-order valence-corrected chi connectivity index (χ1v) is 8.66. The van der Waals surface area contributed by atoms with Gasteiger partial charge in [-0.2, -0.15) is 9.55 Å². The van der Waals surface area contributed by atoms with Crippen LogP contribution in [0.3, 0.4) is 0 Å². The van der Waals surface area contributed by atoms with E-state index in [-0.39, 0.29) is 6.42 Å². The lowest BCUT2D eigenvalue weighted by Gasteiger charge is -2.16. The van der Waals surface area contributed by atoms with E-state index in [1.54, 1.807) is 34.1 Å². The average Bonchev–Trinajstić information content (AvgIpc) is 3.03. The van der Waals surface area contributed by atoms with Crippen LogP contribution in [-0.2, 0) is 27.9 Å². The molecule has 3 rings (SSSR count). The topological polar surface area (TPSA) is 140 Å². The molecule has 0 aromatic carbocycles. The third-order valence-corrected chi connectivity index (χ3v) is 4.48. The number of aromatic nitrogens is 4.